The highest BCUT2D eigenvalue weighted by atomic mass is 16.5. The second-order valence-corrected chi connectivity index (χ2v) is 6.10. The number of nitrogens with one attached hydrogen (secondary N) is 2. The summed E-state index contributed by atoms with van der Waals surface area (Å²) in [6, 6.07) is 3.29. The van der Waals surface area contributed by atoms with Crippen molar-refractivity contribution in [3.63, 3.8) is 0 Å². The molecule has 1 aromatic carbocycles. The van der Waals surface area contributed by atoms with Crippen molar-refractivity contribution in [3.8, 4) is 11.5 Å². The number of allylic oxidation sites excluding steroid dienone is 1. The molecule has 0 aliphatic heterocycles. The van der Waals surface area contributed by atoms with Gasteiger partial charge < -0.3 is 20.1 Å². The minimum atomic E-state index is -0.216. The Bertz CT molecular complexity index is 657. The van der Waals surface area contributed by atoms with Gasteiger partial charge in [0.2, 0.25) is 5.91 Å². The first-order valence-electron chi connectivity index (χ1n) is 8.43. The van der Waals surface area contributed by atoms with E-state index in [2.05, 4.69) is 17.2 Å². The molecule has 1 saturated carbocycles. The summed E-state index contributed by atoms with van der Waals surface area (Å²) in [5, 5.41) is 5.67. The molecule has 2 rings (SSSR count). The molecule has 0 saturated heterocycles. The van der Waals surface area contributed by atoms with Crippen LogP contribution >= 0.6 is 0 Å². The van der Waals surface area contributed by atoms with E-state index in [9.17, 15) is 9.59 Å². The van der Waals surface area contributed by atoms with Crippen LogP contribution in [0.1, 0.15) is 35.2 Å². The lowest BCUT2D eigenvalue weighted by molar-refractivity contribution is -0.124. The molecule has 6 nitrogen and oxygen atoms in total. The lowest BCUT2D eigenvalue weighted by Crippen LogP contribution is -2.43. The van der Waals surface area contributed by atoms with Crippen LogP contribution in [0, 0.1) is 5.92 Å². The van der Waals surface area contributed by atoms with Crippen LogP contribution in [-0.4, -0.2) is 39.1 Å². The molecule has 0 bridgehead atoms. The molecule has 2 unspecified atom stereocenters. The molecular weight excluding hydrogens is 320 g/mol. The van der Waals surface area contributed by atoms with E-state index in [1.54, 1.807) is 32.4 Å². The van der Waals surface area contributed by atoms with Gasteiger partial charge in [0.25, 0.3) is 5.91 Å². The number of hydrogen-bond acceptors (Lipinski definition) is 4. The topological polar surface area (TPSA) is 76.7 Å². The van der Waals surface area contributed by atoms with Crippen molar-refractivity contribution in [1.82, 2.24) is 10.6 Å². The maximum Gasteiger partial charge on any atom is 0.251 e. The molecule has 6 heteroatoms. The van der Waals surface area contributed by atoms with E-state index in [0.29, 0.717) is 23.5 Å². The number of amides is 2. The van der Waals surface area contributed by atoms with E-state index in [1.807, 2.05) is 0 Å². The first-order valence-corrected chi connectivity index (χ1v) is 8.43. The van der Waals surface area contributed by atoms with Crippen LogP contribution in [0.5, 0.6) is 11.5 Å². The van der Waals surface area contributed by atoms with Crippen molar-refractivity contribution in [3.05, 3.63) is 35.9 Å². The molecule has 0 spiro atoms. The Hall–Kier alpha value is -2.50. The largest absolute Gasteiger partial charge is 0.493 e. The summed E-state index contributed by atoms with van der Waals surface area (Å²) in [5.74, 6) is 0.681. The number of carbonyl (C=O) groups is 2. The van der Waals surface area contributed by atoms with E-state index >= 15 is 0 Å². The highest BCUT2D eigenvalue weighted by molar-refractivity contribution is 5.96. The van der Waals surface area contributed by atoms with Crippen LogP contribution in [0.25, 0.3) is 0 Å². The van der Waals surface area contributed by atoms with Gasteiger partial charge in [0.1, 0.15) is 0 Å². The molecular formula is C19H26N2O4. The van der Waals surface area contributed by atoms with Gasteiger partial charge in [-0.3, -0.25) is 9.59 Å². The summed E-state index contributed by atoms with van der Waals surface area (Å²) in [6.07, 6.45) is 4.83. The number of benzene rings is 1. The zero-order chi connectivity index (χ0) is 18.4. The highest BCUT2D eigenvalue weighted by Crippen LogP contribution is 2.33. The third-order valence-electron chi connectivity index (χ3n) is 4.60. The maximum atomic E-state index is 12.7. The number of hydrogen-bond donors (Lipinski definition) is 2. The summed E-state index contributed by atoms with van der Waals surface area (Å²) in [7, 11) is 4.72. The van der Waals surface area contributed by atoms with Crippen molar-refractivity contribution >= 4 is 11.8 Å². The molecule has 0 aromatic heterocycles. The summed E-state index contributed by atoms with van der Waals surface area (Å²) in [6.45, 7) is 3.74. The van der Waals surface area contributed by atoms with Gasteiger partial charge in [0.15, 0.2) is 11.5 Å². The Morgan fingerprint density at radius 3 is 2.64 bits per heavy atom. The molecule has 2 atom stereocenters. The summed E-state index contributed by atoms with van der Waals surface area (Å²) in [5.41, 5.74) is 1.31. The van der Waals surface area contributed by atoms with Gasteiger partial charge in [-0.15, -0.1) is 6.58 Å². The fourth-order valence-corrected chi connectivity index (χ4v) is 3.37. The molecule has 1 aliphatic carbocycles. The Morgan fingerprint density at radius 1 is 1.28 bits per heavy atom. The number of carbonyl (C=O) groups excluding carboxylic acids is 2. The smallest absolute Gasteiger partial charge is 0.251 e. The second kappa shape index (κ2) is 8.55. The van der Waals surface area contributed by atoms with Gasteiger partial charge in [0, 0.05) is 24.2 Å². The minimum absolute atomic E-state index is 0.0255. The predicted octanol–water partition coefficient (Wildman–Crippen LogP) is 2.08. The predicted molar refractivity (Wildman–Crippen MR) is 96.1 cm³/mol. The lowest BCUT2D eigenvalue weighted by atomic mass is 10.0. The number of methoxy groups -OCH3 is 2. The average Bonchev–Trinajstić information content (AvgIpc) is 3.08. The van der Waals surface area contributed by atoms with Gasteiger partial charge >= 0.3 is 0 Å². The monoisotopic (exact) mass is 346 g/mol. The van der Waals surface area contributed by atoms with Gasteiger partial charge in [-0.1, -0.05) is 12.5 Å². The van der Waals surface area contributed by atoms with Crippen molar-refractivity contribution in [2.75, 3.05) is 21.3 Å². The average molecular weight is 346 g/mol. The second-order valence-electron chi connectivity index (χ2n) is 6.10. The SMILES string of the molecule is C=CCc1cc(C(=O)NC2CCCC2C(=O)NC)cc(OC)c1OC. The van der Waals surface area contributed by atoms with E-state index in [0.717, 1.165) is 24.8 Å². The number of ether oxygens (including phenoxy) is 2. The standard InChI is InChI=1S/C19H26N2O4/c1-5-7-12-10-13(11-16(24-3)17(12)25-4)18(22)21-15-9-6-8-14(15)19(23)20-2/h5,10-11,14-15H,1,6-9H2,2-4H3,(H,20,23)(H,21,22). The third kappa shape index (κ3) is 4.13. The van der Waals surface area contributed by atoms with Crippen molar-refractivity contribution in [2.24, 2.45) is 5.92 Å². The molecule has 1 aliphatic rings. The summed E-state index contributed by atoms with van der Waals surface area (Å²) >= 11 is 0. The molecule has 136 valence electrons. The molecule has 2 amide bonds. The molecule has 1 aromatic rings. The van der Waals surface area contributed by atoms with E-state index in [1.165, 1.54) is 7.11 Å². The zero-order valence-corrected chi connectivity index (χ0v) is 15.1. The molecule has 0 heterocycles. The van der Waals surface area contributed by atoms with Crippen LogP contribution in [0.15, 0.2) is 24.8 Å². The fraction of sp³-hybridized carbons (Fsp3) is 0.474. The van der Waals surface area contributed by atoms with Gasteiger partial charge in [-0.05, 0) is 31.4 Å². The quantitative estimate of drug-likeness (QED) is 0.741. The van der Waals surface area contributed by atoms with Crippen LogP contribution in [0.3, 0.4) is 0 Å². The Kier molecular flexibility index (Phi) is 6.44. The first kappa shape index (κ1) is 18.8. The summed E-state index contributed by atoms with van der Waals surface area (Å²) < 4.78 is 10.8. The van der Waals surface area contributed by atoms with Crippen LogP contribution in [0.2, 0.25) is 0 Å². The molecule has 0 radical (unpaired) electrons. The van der Waals surface area contributed by atoms with E-state index in [4.69, 9.17) is 9.47 Å². The number of rotatable bonds is 7. The maximum absolute atomic E-state index is 12.7. The molecule has 25 heavy (non-hydrogen) atoms. The zero-order valence-electron chi connectivity index (χ0n) is 15.1. The Labute approximate surface area is 148 Å². The third-order valence-corrected chi connectivity index (χ3v) is 4.60. The first-order chi connectivity index (χ1) is 12.0. The minimum Gasteiger partial charge on any atom is -0.493 e. The van der Waals surface area contributed by atoms with E-state index < -0.39 is 0 Å². The fourth-order valence-electron chi connectivity index (χ4n) is 3.37. The Morgan fingerprint density at radius 2 is 2.04 bits per heavy atom. The van der Waals surface area contributed by atoms with Crippen LogP contribution in [-0.2, 0) is 11.2 Å². The van der Waals surface area contributed by atoms with Gasteiger partial charge in [0.05, 0.1) is 20.1 Å². The normalized spacial score (nSPS) is 19.2. The van der Waals surface area contributed by atoms with Crippen LogP contribution < -0.4 is 20.1 Å². The van der Waals surface area contributed by atoms with Crippen molar-refractivity contribution < 1.29 is 19.1 Å². The van der Waals surface area contributed by atoms with Crippen molar-refractivity contribution in [2.45, 2.75) is 31.7 Å². The van der Waals surface area contributed by atoms with E-state index in [-0.39, 0.29) is 23.8 Å². The van der Waals surface area contributed by atoms with Gasteiger partial charge in [-0.25, -0.2) is 0 Å². The Balaban J connectivity index is 2.25. The molecule has 2 N–H and O–H groups in total. The van der Waals surface area contributed by atoms with Crippen molar-refractivity contribution in [1.29, 1.82) is 0 Å². The summed E-state index contributed by atoms with van der Waals surface area (Å²) in [4.78, 5) is 24.7. The van der Waals surface area contributed by atoms with Crippen LogP contribution in [0.4, 0.5) is 0 Å². The lowest BCUT2D eigenvalue weighted by Gasteiger charge is -2.20. The van der Waals surface area contributed by atoms with Gasteiger partial charge in [-0.2, -0.15) is 0 Å². The highest BCUT2D eigenvalue weighted by Gasteiger charge is 2.33. The molecule has 1 fully saturated rings.